The molecule has 1 aromatic heterocycles. The molecule has 1 saturated heterocycles. The summed E-state index contributed by atoms with van der Waals surface area (Å²) in [5.41, 5.74) is 0. The number of hydrogen-bond acceptors (Lipinski definition) is 4. The number of benzene rings is 1. The number of pyridine rings is 1. The van der Waals surface area contributed by atoms with Crippen molar-refractivity contribution in [3.8, 4) is 0 Å². The molecular formula is C21H27N3O3S. The normalized spacial score (nSPS) is 24.4. The summed E-state index contributed by atoms with van der Waals surface area (Å²) in [6.07, 6.45) is 7.69. The van der Waals surface area contributed by atoms with Crippen molar-refractivity contribution in [2.75, 3.05) is 26.2 Å². The van der Waals surface area contributed by atoms with Crippen molar-refractivity contribution in [2.24, 2.45) is 11.8 Å². The minimum absolute atomic E-state index is 0.0995. The summed E-state index contributed by atoms with van der Waals surface area (Å²) in [5, 5.41) is 1.50. The number of rotatable bonds is 3. The molecule has 0 N–H and O–H groups in total. The molecule has 2 unspecified atom stereocenters. The fourth-order valence-corrected chi connectivity index (χ4v) is 6.16. The summed E-state index contributed by atoms with van der Waals surface area (Å²) >= 11 is 0. The van der Waals surface area contributed by atoms with Crippen LogP contribution in [0.15, 0.2) is 41.6 Å². The summed E-state index contributed by atoms with van der Waals surface area (Å²) in [5.74, 6) is 0.732. The van der Waals surface area contributed by atoms with Crippen LogP contribution in [0.4, 0.5) is 0 Å². The van der Waals surface area contributed by atoms with E-state index in [4.69, 9.17) is 0 Å². The van der Waals surface area contributed by atoms with Crippen LogP contribution < -0.4 is 0 Å². The number of hydrogen-bond donors (Lipinski definition) is 0. The molecule has 2 aliphatic rings. The van der Waals surface area contributed by atoms with Gasteiger partial charge in [0.05, 0.1) is 4.90 Å². The van der Waals surface area contributed by atoms with E-state index >= 15 is 0 Å². The van der Waals surface area contributed by atoms with Crippen molar-refractivity contribution in [1.82, 2.24) is 14.2 Å². The molecule has 1 aliphatic heterocycles. The number of piperazine rings is 1. The SMILES string of the molecule is CC1CCCCC1C(=O)N1CCN(S(=O)(=O)c2cccc3cnccc23)CC1. The highest BCUT2D eigenvalue weighted by atomic mass is 32.2. The lowest BCUT2D eigenvalue weighted by atomic mass is 9.79. The first-order valence-electron chi connectivity index (χ1n) is 10.1. The summed E-state index contributed by atoms with van der Waals surface area (Å²) in [4.78, 5) is 19.2. The van der Waals surface area contributed by atoms with Crippen molar-refractivity contribution < 1.29 is 13.2 Å². The molecule has 1 amide bonds. The Hall–Kier alpha value is -1.99. The first kappa shape index (κ1) is 19.3. The van der Waals surface area contributed by atoms with E-state index < -0.39 is 10.0 Å². The van der Waals surface area contributed by atoms with Crippen molar-refractivity contribution >= 4 is 26.7 Å². The van der Waals surface area contributed by atoms with Crippen LogP contribution in [0.25, 0.3) is 10.8 Å². The predicted octanol–water partition coefficient (Wildman–Crippen LogP) is 2.89. The number of amides is 1. The highest BCUT2D eigenvalue weighted by Crippen LogP contribution is 2.32. The lowest BCUT2D eigenvalue weighted by Crippen LogP contribution is -2.52. The van der Waals surface area contributed by atoms with Crippen LogP contribution in [0, 0.1) is 11.8 Å². The van der Waals surface area contributed by atoms with Crippen LogP contribution in [0.1, 0.15) is 32.6 Å². The van der Waals surface area contributed by atoms with Crippen LogP contribution in [-0.2, 0) is 14.8 Å². The summed E-state index contributed by atoms with van der Waals surface area (Å²) < 4.78 is 28.0. The molecule has 0 radical (unpaired) electrons. The van der Waals surface area contributed by atoms with Crippen molar-refractivity contribution in [3.05, 3.63) is 36.7 Å². The van der Waals surface area contributed by atoms with Crippen molar-refractivity contribution in [2.45, 2.75) is 37.5 Å². The monoisotopic (exact) mass is 401 g/mol. The minimum atomic E-state index is -3.61. The summed E-state index contributed by atoms with van der Waals surface area (Å²) in [6, 6.07) is 7.01. The van der Waals surface area contributed by atoms with E-state index in [0.29, 0.717) is 42.4 Å². The van der Waals surface area contributed by atoms with Gasteiger partial charge in [-0.05, 0) is 30.9 Å². The van der Waals surface area contributed by atoms with Gasteiger partial charge in [0.15, 0.2) is 0 Å². The Kier molecular flexibility index (Phi) is 5.38. The van der Waals surface area contributed by atoms with Gasteiger partial charge in [-0.2, -0.15) is 4.31 Å². The molecule has 4 rings (SSSR count). The second kappa shape index (κ2) is 7.79. The maximum Gasteiger partial charge on any atom is 0.243 e. The average molecular weight is 402 g/mol. The molecule has 2 atom stereocenters. The Labute approximate surface area is 166 Å². The Morgan fingerprint density at radius 1 is 1.07 bits per heavy atom. The number of carbonyl (C=O) groups is 1. The van der Waals surface area contributed by atoms with Crippen molar-refractivity contribution in [1.29, 1.82) is 0 Å². The van der Waals surface area contributed by atoms with Crippen LogP contribution in [0.3, 0.4) is 0 Å². The molecular weight excluding hydrogens is 374 g/mol. The van der Waals surface area contributed by atoms with E-state index in [2.05, 4.69) is 11.9 Å². The topological polar surface area (TPSA) is 70.6 Å². The third kappa shape index (κ3) is 3.53. The van der Waals surface area contributed by atoms with Crippen LogP contribution in [-0.4, -0.2) is 54.7 Å². The van der Waals surface area contributed by atoms with Gasteiger partial charge in [-0.3, -0.25) is 9.78 Å². The van der Waals surface area contributed by atoms with Gasteiger partial charge in [-0.15, -0.1) is 0 Å². The molecule has 1 aliphatic carbocycles. The lowest BCUT2D eigenvalue weighted by molar-refractivity contribution is -0.139. The summed E-state index contributed by atoms with van der Waals surface area (Å²) in [6.45, 7) is 3.78. The first-order valence-corrected chi connectivity index (χ1v) is 11.5. The zero-order valence-corrected chi connectivity index (χ0v) is 17.1. The fraction of sp³-hybridized carbons (Fsp3) is 0.524. The maximum absolute atomic E-state index is 13.2. The van der Waals surface area contributed by atoms with Gasteiger partial charge in [0.1, 0.15) is 0 Å². The highest BCUT2D eigenvalue weighted by Gasteiger charge is 2.35. The predicted molar refractivity (Wildman–Crippen MR) is 108 cm³/mol. The van der Waals surface area contributed by atoms with Gasteiger partial charge in [-0.25, -0.2) is 8.42 Å². The molecule has 0 spiro atoms. The molecule has 1 aromatic carbocycles. The average Bonchev–Trinajstić information content (AvgIpc) is 2.73. The molecule has 2 fully saturated rings. The van der Waals surface area contributed by atoms with E-state index in [9.17, 15) is 13.2 Å². The Morgan fingerprint density at radius 3 is 2.57 bits per heavy atom. The molecule has 150 valence electrons. The third-order valence-electron chi connectivity index (χ3n) is 6.24. The molecule has 28 heavy (non-hydrogen) atoms. The largest absolute Gasteiger partial charge is 0.340 e. The van der Waals surface area contributed by atoms with E-state index in [1.165, 1.54) is 10.7 Å². The number of nitrogens with zero attached hydrogens (tertiary/aromatic N) is 3. The van der Waals surface area contributed by atoms with Gasteiger partial charge in [0, 0.05) is 55.3 Å². The van der Waals surface area contributed by atoms with Gasteiger partial charge in [0.2, 0.25) is 15.9 Å². The van der Waals surface area contributed by atoms with Crippen LogP contribution in [0.2, 0.25) is 0 Å². The molecule has 6 nitrogen and oxygen atoms in total. The second-order valence-electron chi connectivity index (χ2n) is 7.95. The first-order chi connectivity index (χ1) is 13.5. The molecule has 2 aromatic rings. The zero-order valence-electron chi connectivity index (χ0n) is 16.3. The van der Waals surface area contributed by atoms with Crippen molar-refractivity contribution in [3.63, 3.8) is 0 Å². The molecule has 0 bridgehead atoms. The number of carbonyl (C=O) groups excluding carboxylic acids is 1. The zero-order chi connectivity index (χ0) is 19.7. The van der Waals surface area contributed by atoms with Gasteiger partial charge in [-0.1, -0.05) is 31.9 Å². The summed E-state index contributed by atoms with van der Waals surface area (Å²) in [7, 11) is -3.61. The van der Waals surface area contributed by atoms with E-state index in [-0.39, 0.29) is 11.8 Å². The van der Waals surface area contributed by atoms with E-state index in [1.807, 2.05) is 11.0 Å². The van der Waals surface area contributed by atoms with Gasteiger partial charge in [0.25, 0.3) is 0 Å². The Balaban J connectivity index is 1.49. The second-order valence-corrected chi connectivity index (χ2v) is 9.86. The fourth-order valence-electron chi connectivity index (χ4n) is 4.52. The van der Waals surface area contributed by atoms with E-state index in [0.717, 1.165) is 24.6 Å². The highest BCUT2D eigenvalue weighted by molar-refractivity contribution is 7.89. The number of aromatic nitrogens is 1. The van der Waals surface area contributed by atoms with Crippen LogP contribution in [0.5, 0.6) is 0 Å². The smallest absolute Gasteiger partial charge is 0.243 e. The van der Waals surface area contributed by atoms with Gasteiger partial charge < -0.3 is 4.90 Å². The lowest BCUT2D eigenvalue weighted by Gasteiger charge is -2.38. The van der Waals surface area contributed by atoms with Crippen LogP contribution >= 0.6 is 0 Å². The van der Waals surface area contributed by atoms with E-state index in [1.54, 1.807) is 30.6 Å². The molecule has 7 heteroatoms. The standard InChI is InChI=1S/C21H27N3O3S/c1-16-5-2-3-7-18(16)21(25)23-11-13-24(14-12-23)28(26,27)20-8-4-6-17-15-22-10-9-19(17)20/h4,6,8-10,15-16,18H,2-3,5,7,11-14H2,1H3. The Morgan fingerprint density at radius 2 is 1.82 bits per heavy atom. The Bertz CT molecular complexity index is 963. The number of fused-ring (bicyclic) bond motifs is 1. The third-order valence-corrected chi connectivity index (χ3v) is 8.19. The quantitative estimate of drug-likeness (QED) is 0.793. The minimum Gasteiger partial charge on any atom is -0.340 e. The molecule has 2 heterocycles. The molecule has 1 saturated carbocycles. The number of sulfonamides is 1. The van der Waals surface area contributed by atoms with Gasteiger partial charge >= 0.3 is 0 Å². The maximum atomic E-state index is 13.2.